The third kappa shape index (κ3) is 3.00. The zero-order valence-corrected chi connectivity index (χ0v) is 9.65. The van der Waals surface area contributed by atoms with Gasteiger partial charge < -0.3 is 4.18 Å². The van der Waals surface area contributed by atoms with Gasteiger partial charge in [-0.15, -0.1) is 0 Å². The maximum Gasteiger partial charge on any atom is 0.306 e. The van der Waals surface area contributed by atoms with Gasteiger partial charge in [-0.2, -0.15) is 8.42 Å². The van der Waals surface area contributed by atoms with Gasteiger partial charge in [-0.1, -0.05) is 12.1 Å². The van der Waals surface area contributed by atoms with Gasteiger partial charge in [0.15, 0.2) is 5.75 Å². The first-order valence-corrected chi connectivity index (χ1v) is 6.15. The Hall–Kier alpha value is -0.550. The second-order valence-corrected chi connectivity index (χ2v) is 5.04. The Morgan fingerprint density at radius 3 is 2.54 bits per heavy atom. The summed E-state index contributed by atoms with van der Waals surface area (Å²) in [6, 6.07) is 5.19. The van der Waals surface area contributed by atoms with E-state index in [9.17, 15) is 8.42 Å². The molecule has 0 N–H and O–H groups in total. The first kappa shape index (κ1) is 10.5. The molecule has 0 bridgehead atoms. The monoisotopic (exact) mass is 264 g/mol. The Kier molecular flexibility index (Phi) is 2.98. The molecular weight excluding hydrogens is 256 g/mol. The molecule has 0 saturated heterocycles. The molecule has 0 saturated carbocycles. The second kappa shape index (κ2) is 3.67. The highest BCUT2D eigenvalue weighted by Gasteiger charge is 2.08. The smallest absolute Gasteiger partial charge is 0.306 e. The lowest BCUT2D eigenvalue weighted by molar-refractivity contribution is 0.491. The van der Waals surface area contributed by atoms with E-state index in [4.69, 9.17) is 4.18 Å². The molecule has 0 aromatic heterocycles. The molecular formula is C8H9BrO3S. The van der Waals surface area contributed by atoms with Crippen molar-refractivity contribution < 1.29 is 12.6 Å². The van der Waals surface area contributed by atoms with Crippen LogP contribution in [0.3, 0.4) is 0 Å². The predicted molar refractivity (Wildman–Crippen MR) is 54.4 cm³/mol. The van der Waals surface area contributed by atoms with Gasteiger partial charge >= 0.3 is 10.1 Å². The summed E-state index contributed by atoms with van der Waals surface area (Å²) < 4.78 is 27.0. The fourth-order valence-corrected chi connectivity index (χ4v) is 1.77. The lowest BCUT2D eigenvalue weighted by Gasteiger charge is -2.06. The summed E-state index contributed by atoms with van der Waals surface area (Å²) in [6.07, 6.45) is 1.02. The van der Waals surface area contributed by atoms with Crippen LogP contribution >= 0.6 is 15.9 Å². The van der Waals surface area contributed by atoms with Gasteiger partial charge in [0.05, 0.1) is 10.7 Å². The minimum absolute atomic E-state index is 0.322. The van der Waals surface area contributed by atoms with Crippen molar-refractivity contribution in [2.75, 3.05) is 6.26 Å². The molecule has 3 nitrogen and oxygen atoms in total. The predicted octanol–water partition coefficient (Wildman–Crippen LogP) is 2.10. The molecule has 13 heavy (non-hydrogen) atoms. The molecule has 0 radical (unpaired) electrons. The van der Waals surface area contributed by atoms with Gasteiger partial charge in [0.1, 0.15) is 0 Å². The zero-order valence-electron chi connectivity index (χ0n) is 7.24. The molecule has 5 heteroatoms. The quantitative estimate of drug-likeness (QED) is 0.769. The van der Waals surface area contributed by atoms with Crippen LogP contribution in [0.15, 0.2) is 22.7 Å². The topological polar surface area (TPSA) is 43.4 Å². The molecule has 0 spiro atoms. The van der Waals surface area contributed by atoms with Crippen molar-refractivity contribution in [1.29, 1.82) is 0 Å². The highest BCUT2D eigenvalue weighted by molar-refractivity contribution is 9.10. The molecule has 1 rings (SSSR count). The van der Waals surface area contributed by atoms with Crippen LogP contribution in [0.5, 0.6) is 5.75 Å². The van der Waals surface area contributed by atoms with E-state index >= 15 is 0 Å². The minimum Gasteiger partial charge on any atom is -0.381 e. The van der Waals surface area contributed by atoms with Crippen molar-refractivity contribution in [3.05, 3.63) is 28.2 Å². The van der Waals surface area contributed by atoms with Gasteiger partial charge in [0, 0.05) is 0 Å². The molecule has 0 aliphatic carbocycles. The largest absolute Gasteiger partial charge is 0.381 e. The molecule has 0 unspecified atom stereocenters. The molecule has 0 atom stereocenters. The van der Waals surface area contributed by atoms with Crippen molar-refractivity contribution in [2.45, 2.75) is 6.92 Å². The molecule has 0 fully saturated rings. The Bertz CT molecular complexity index is 411. The van der Waals surface area contributed by atoms with Crippen LogP contribution in [-0.2, 0) is 10.1 Å². The van der Waals surface area contributed by atoms with Crippen LogP contribution in [0.25, 0.3) is 0 Å². The van der Waals surface area contributed by atoms with E-state index in [1.807, 2.05) is 13.0 Å². The number of rotatable bonds is 2. The van der Waals surface area contributed by atoms with E-state index in [2.05, 4.69) is 15.9 Å². The Morgan fingerprint density at radius 2 is 2.00 bits per heavy atom. The standard InChI is InChI=1S/C8H9BrO3S/c1-6-4-3-5-7(8(6)9)12-13(2,10)11/h3-5H,1-2H3. The molecule has 0 aliphatic heterocycles. The van der Waals surface area contributed by atoms with E-state index in [1.165, 1.54) is 0 Å². The summed E-state index contributed by atoms with van der Waals surface area (Å²) in [4.78, 5) is 0. The molecule has 1 aromatic carbocycles. The SMILES string of the molecule is Cc1cccc(OS(C)(=O)=O)c1Br. The van der Waals surface area contributed by atoms with Gasteiger partial charge in [0.2, 0.25) is 0 Å². The lowest BCUT2D eigenvalue weighted by atomic mass is 10.2. The summed E-state index contributed by atoms with van der Waals surface area (Å²) in [6.45, 7) is 1.86. The van der Waals surface area contributed by atoms with Crippen molar-refractivity contribution in [1.82, 2.24) is 0 Å². The third-order valence-corrected chi connectivity index (χ3v) is 2.90. The highest BCUT2D eigenvalue weighted by Crippen LogP contribution is 2.28. The summed E-state index contributed by atoms with van der Waals surface area (Å²) in [5, 5.41) is 0. The Morgan fingerprint density at radius 1 is 1.38 bits per heavy atom. The number of aryl methyl sites for hydroxylation is 1. The molecule has 0 heterocycles. The van der Waals surface area contributed by atoms with Crippen LogP contribution < -0.4 is 4.18 Å². The van der Waals surface area contributed by atoms with Crippen LogP contribution in [0.4, 0.5) is 0 Å². The Labute approximate surface area is 86.0 Å². The van der Waals surface area contributed by atoms with Gasteiger partial charge in [-0.05, 0) is 34.5 Å². The number of hydrogen-bond donors (Lipinski definition) is 0. The van der Waals surface area contributed by atoms with Crippen LogP contribution in [0, 0.1) is 6.92 Å². The molecule has 1 aromatic rings. The van der Waals surface area contributed by atoms with Crippen LogP contribution in [-0.4, -0.2) is 14.7 Å². The van der Waals surface area contributed by atoms with Crippen molar-refractivity contribution >= 4 is 26.0 Å². The maximum absolute atomic E-state index is 10.8. The van der Waals surface area contributed by atoms with E-state index in [0.29, 0.717) is 10.2 Å². The maximum atomic E-state index is 10.8. The number of halogens is 1. The van der Waals surface area contributed by atoms with Gasteiger partial charge in [-0.25, -0.2) is 0 Å². The zero-order chi connectivity index (χ0) is 10.1. The second-order valence-electron chi connectivity index (χ2n) is 2.67. The van der Waals surface area contributed by atoms with E-state index in [0.717, 1.165) is 11.8 Å². The first-order chi connectivity index (χ1) is 5.90. The van der Waals surface area contributed by atoms with Gasteiger partial charge in [0.25, 0.3) is 0 Å². The van der Waals surface area contributed by atoms with E-state index < -0.39 is 10.1 Å². The summed E-state index contributed by atoms with van der Waals surface area (Å²) >= 11 is 3.24. The van der Waals surface area contributed by atoms with E-state index in [-0.39, 0.29) is 0 Å². The van der Waals surface area contributed by atoms with Crippen LogP contribution in [0.1, 0.15) is 5.56 Å². The highest BCUT2D eigenvalue weighted by atomic mass is 79.9. The summed E-state index contributed by atoms with van der Waals surface area (Å²) in [5.41, 5.74) is 0.932. The third-order valence-electron chi connectivity index (χ3n) is 1.40. The summed E-state index contributed by atoms with van der Waals surface area (Å²) in [7, 11) is -3.45. The Balaban J connectivity index is 3.10. The van der Waals surface area contributed by atoms with Crippen molar-refractivity contribution in [3.8, 4) is 5.75 Å². The molecule has 0 amide bonds. The fraction of sp³-hybridized carbons (Fsp3) is 0.250. The number of hydrogen-bond acceptors (Lipinski definition) is 3. The van der Waals surface area contributed by atoms with Crippen LogP contribution in [0.2, 0.25) is 0 Å². The normalized spacial score (nSPS) is 11.3. The lowest BCUT2D eigenvalue weighted by Crippen LogP contribution is -2.06. The van der Waals surface area contributed by atoms with Crippen molar-refractivity contribution in [2.24, 2.45) is 0 Å². The molecule has 0 aliphatic rings. The average Bonchev–Trinajstić information content (AvgIpc) is 1.96. The van der Waals surface area contributed by atoms with Crippen molar-refractivity contribution in [3.63, 3.8) is 0 Å². The molecule has 72 valence electrons. The number of benzene rings is 1. The first-order valence-electron chi connectivity index (χ1n) is 3.55. The minimum atomic E-state index is -3.45. The van der Waals surface area contributed by atoms with Gasteiger partial charge in [-0.3, -0.25) is 0 Å². The van der Waals surface area contributed by atoms with E-state index in [1.54, 1.807) is 12.1 Å². The summed E-state index contributed by atoms with van der Waals surface area (Å²) in [5.74, 6) is 0.322. The average molecular weight is 265 g/mol. The fourth-order valence-electron chi connectivity index (χ4n) is 0.848.